The second kappa shape index (κ2) is 7.42. The molecule has 114 valence electrons. The molecule has 0 unspecified atom stereocenters. The topological polar surface area (TPSA) is 52.3 Å². The van der Waals surface area contributed by atoms with Crippen molar-refractivity contribution in [3.05, 3.63) is 60.2 Å². The number of carbonyl (C=O) groups is 1. The summed E-state index contributed by atoms with van der Waals surface area (Å²) < 4.78 is 31.5. The Bertz CT molecular complexity index is 591. The van der Waals surface area contributed by atoms with E-state index in [9.17, 15) is 13.6 Å². The van der Waals surface area contributed by atoms with E-state index in [-0.39, 0.29) is 5.75 Å². The van der Waals surface area contributed by atoms with Gasteiger partial charge in [-0.2, -0.15) is 12.6 Å². The summed E-state index contributed by atoms with van der Waals surface area (Å²) in [7, 11) is 0. The molecule has 0 bridgehead atoms. The molecular weight excluding hydrogens is 307 g/mol. The zero-order chi connectivity index (χ0) is 16.1. The first kappa shape index (κ1) is 16.5. The van der Waals surface area contributed by atoms with E-state index in [2.05, 4.69) is 12.6 Å². The van der Waals surface area contributed by atoms with Crippen molar-refractivity contribution in [3.8, 4) is 0 Å². The van der Waals surface area contributed by atoms with Gasteiger partial charge in [-0.25, -0.2) is 8.78 Å². The maximum absolute atomic E-state index is 13.1. The summed E-state index contributed by atoms with van der Waals surface area (Å²) in [6, 6.07) is 10.2. The highest BCUT2D eigenvalue weighted by atomic mass is 32.1. The molecule has 7 heteroatoms. The van der Waals surface area contributed by atoms with E-state index in [4.69, 9.17) is 10.4 Å². The monoisotopic (exact) mass is 321 g/mol. The second-order valence-corrected chi connectivity index (χ2v) is 5.07. The molecule has 0 aliphatic rings. The molecule has 1 atom stereocenters. The van der Waals surface area contributed by atoms with Gasteiger partial charge in [0, 0.05) is 5.75 Å². The Balaban J connectivity index is 2.33. The zero-order valence-corrected chi connectivity index (χ0v) is 12.5. The maximum Gasteiger partial charge on any atom is 0.429 e. The van der Waals surface area contributed by atoms with Crippen LogP contribution in [-0.4, -0.2) is 24.7 Å². The Labute approximate surface area is 133 Å². The highest BCUT2D eigenvalue weighted by Crippen LogP contribution is 2.01. The molecule has 0 aliphatic heterocycles. The fourth-order valence-corrected chi connectivity index (χ4v) is 2.03. The van der Waals surface area contributed by atoms with Crippen LogP contribution < -0.4 is 16.7 Å². The van der Waals surface area contributed by atoms with E-state index >= 15 is 0 Å². The lowest BCUT2D eigenvalue weighted by molar-refractivity contribution is -0.135. The first-order valence-corrected chi connectivity index (χ1v) is 7.22. The summed E-state index contributed by atoms with van der Waals surface area (Å²) in [5, 5.41) is 0. The SMILES string of the molecule is N[C@H](CS)C(=O)OB(c1ccc(F)cc1)c1ccc(F)cc1. The van der Waals surface area contributed by atoms with Crippen LogP contribution in [0.4, 0.5) is 8.78 Å². The standard InChI is InChI=1S/C15H14BF2NO2S/c17-12-5-1-10(2-6-12)16(21-15(20)14(19)9-22)11-3-7-13(18)8-4-11/h1-8,14,22H,9,19H2/t14-/m1/s1. The van der Waals surface area contributed by atoms with Crippen molar-refractivity contribution in [3.63, 3.8) is 0 Å². The highest BCUT2D eigenvalue weighted by Gasteiger charge is 2.28. The molecule has 0 radical (unpaired) electrons. The van der Waals surface area contributed by atoms with Gasteiger partial charge in [-0.3, -0.25) is 4.79 Å². The van der Waals surface area contributed by atoms with Crippen molar-refractivity contribution in [2.24, 2.45) is 5.73 Å². The molecule has 2 N–H and O–H groups in total. The van der Waals surface area contributed by atoms with Crippen LogP contribution >= 0.6 is 12.6 Å². The lowest BCUT2D eigenvalue weighted by Gasteiger charge is -2.17. The number of rotatable bonds is 5. The molecule has 0 saturated heterocycles. The van der Waals surface area contributed by atoms with Crippen molar-refractivity contribution in [2.45, 2.75) is 6.04 Å². The lowest BCUT2D eigenvalue weighted by Crippen LogP contribution is -2.49. The molecule has 2 aromatic rings. The van der Waals surface area contributed by atoms with Crippen LogP contribution in [0.25, 0.3) is 0 Å². The maximum atomic E-state index is 13.1. The molecule has 3 nitrogen and oxygen atoms in total. The predicted molar refractivity (Wildman–Crippen MR) is 85.7 cm³/mol. The summed E-state index contributed by atoms with van der Waals surface area (Å²) in [6.45, 7) is -0.792. The molecule has 0 amide bonds. The van der Waals surface area contributed by atoms with Crippen LogP contribution in [0.1, 0.15) is 0 Å². The quantitative estimate of drug-likeness (QED) is 0.635. The van der Waals surface area contributed by atoms with Crippen molar-refractivity contribution in [1.29, 1.82) is 0 Å². The largest absolute Gasteiger partial charge is 0.525 e. The average molecular weight is 321 g/mol. The van der Waals surface area contributed by atoms with Crippen LogP contribution in [0.5, 0.6) is 0 Å². The molecule has 22 heavy (non-hydrogen) atoms. The van der Waals surface area contributed by atoms with Gasteiger partial charge >= 0.3 is 12.9 Å². The Morgan fingerprint density at radius 1 is 1.05 bits per heavy atom. The van der Waals surface area contributed by atoms with Gasteiger partial charge in [0.2, 0.25) is 0 Å². The van der Waals surface area contributed by atoms with Crippen molar-refractivity contribution >= 4 is 36.4 Å². The van der Waals surface area contributed by atoms with Crippen LogP contribution in [0.2, 0.25) is 0 Å². The van der Waals surface area contributed by atoms with Gasteiger partial charge in [0.25, 0.3) is 0 Å². The number of thiol groups is 1. The number of benzene rings is 2. The van der Waals surface area contributed by atoms with Gasteiger partial charge in [0.1, 0.15) is 17.7 Å². The van der Waals surface area contributed by atoms with Crippen LogP contribution in [0.3, 0.4) is 0 Å². The number of hydrogen-bond acceptors (Lipinski definition) is 4. The Morgan fingerprint density at radius 2 is 1.45 bits per heavy atom. The summed E-state index contributed by atoms with van der Waals surface area (Å²) in [4.78, 5) is 11.9. The summed E-state index contributed by atoms with van der Waals surface area (Å²) in [5.41, 5.74) is 6.72. The van der Waals surface area contributed by atoms with E-state index in [0.29, 0.717) is 10.9 Å². The minimum absolute atomic E-state index is 0.137. The van der Waals surface area contributed by atoms with Gasteiger partial charge in [0.05, 0.1) is 0 Å². The molecular formula is C15H14BF2NO2S. The van der Waals surface area contributed by atoms with E-state index in [1.807, 2.05) is 0 Å². The summed E-state index contributed by atoms with van der Waals surface area (Å²) >= 11 is 3.95. The minimum atomic E-state index is -0.869. The third-order valence-corrected chi connectivity index (χ3v) is 3.47. The second-order valence-electron chi connectivity index (χ2n) is 4.71. The number of halogens is 2. The molecule has 0 fully saturated rings. The molecule has 0 heterocycles. The van der Waals surface area contributed by atoms with Gasteiger partial charge in [-0.05, 0) is 35.2 Å². The van der Waals surface area contributed by atoms with Gasteiger partial charge in [-0.1, -0.05) is 24.3 Å². The van der Waals surface area contributed by atoms with E-state index in [0.717, 1.165) is 0 Å². The number of hydrogen-bond donors (Lipinski definition) is 2. The first-order chi connectivity index (χ1) is 10.5. The van der Waals surface area contributed by atoms with Gasteiger partial charge < -0.3 is 10.4 Å². The lowest BCUT2D eigenvalue weighted by atomic mass is 9.55. The third-order valence-electron chi connectivity index (χ3n) is 3.08. The highest BCUT2D eigenvalue weighted by molar-refractivity contribution is 7.80. The molecule has 0 saturated carbocycles. The number of nitrogens with two attached hydrogens (primary N) is 1. The molecule has 0 aliphatic carbocycles. The first-order valence-electron chi connectivity index (χ1n) is 6.59. The average Bonchev–Trinajstić information content (AvgIpc) is 2.53. The van der Waals surface area contributed by atoms with Gasteiger partial charge in [-0.15, -0.1) is 0 Å². The Kier molecular flexibility index (Phi) is 5.57. The van der Waals surface area contributed by atoms with E-state index in [1.54, 1.807) is 0 Å². The van der Waals surface area contributed by atoms with Crippen LogP contribution in [0, 0.1) is 11.6 Å². The van der Waals surface area contributed by atoms with Crippen molar-refractivity contribution in [2.75, 3.05) is 5.75 Å². The zero-order valence-electron chi connectivity index (χ0n) is 11.6. The Hall–Kier alpha value is -1.86. The van der Waals surface area contributed by atoms with Crippen molar-refractivity contribution < 1.29 is 18.2 Å². The van der Waals surface area contributed by atoms with E-state index in [1.165, 1.54) is 48.5 Å². The van der Waals surface area contributed by atoms with Gasteiger partial charge in [0.15, 0.2) is 0 Å². The molecule has 0 aromatic heterocycles. The van der Waals surface area contributed by atoms with Crippen LogP contribution in [-0.2, 0) is 9.45 Å². The predicted octanol–water partition coefficient (Wildman–Crippen LogP) is 0.871. The minimum Gasteiger partial charge on any atom is -0.525 e. The number of carbonyl (C=O) groups excluding carboxylic acids is 1. The molecule has 0 spiro atoms. The normalized spacial score (nSPS) is 11.8. The Morgan fingerprint density at radius 3 is 1.82 bits per heavy atom. The van der Waals surface area contributed by atoms with E-state index < -0.39 is 30.6 Å². The fourth-order valence-electron chi connectivity index (χ4n) is 1.88. The van der Waals surface area contributed by atoms with Crippen molar-refractivity contribution in [1.82, 2.24) is 0 Å². The third kappa shape index (κ3) is 4.08. The fraction of sp³-hybridized carbons (Fsp3) is 0.133. The smallest absolute Gasteiger partial charge is 0.429 e. The summed E-state index contributed by atoms with van der Waals surface area (Å²) in [5.74, 6) is -1.30. The summed E-state index contributed by atoms with van der Waals surface area (Å²) in [6.07, 6.45) is 0. The molecule has 2 rings (SSSR count). The van der Waals surface area contributed by atoms with Crippen LogP contribution in [0.15, 0.2) is 48.5 Å². The molecule has 2 aromatic carbocycles.